The summed E-state index contributed by atoms with van der Waals surface area (Å²) in [6.07, 6.45) is 0. The number of hydrogen-bond donors (Lipinski definition) is 0. The Hall–Kier alpha value is 3.00. The fraction of sp³-hybridized carbons (Fsp3) is 0.943. The Bertz CT molecular complexity index is 1560. The molecular formula is C70H136Cl2Si3Zr2-. The van der Waals surface area contributed by atoms with Crippen LogP contribution in [-0.4, -0.2) is 24.2 Å². The van der Waals surface area contributed by atoms with E-state index in [0.29, 0.717) is 0 Å². The normalized spacial score (nSPS) is 53.8. The van der Waals surface area contributed by atoms with E-state index in [1.807, 2.05) is 0 Å². The van der Waals surface area contributed by atoms with Crippen molar-refractivity contribution in [1.82, 2.24) is 0 Å². The van der Waals surface area contributed by atoms with Gasteiger partial charge in [-0.3, -0.25) is 8.07 Å². The summed E-state index contributed by atoms with van der Waals surface area (Å²) in [5.74, 6) is 29.3. The van der Waals surface area contributed by atoms with Gasteiger partial charge < -0.3 is 27.9 Å². The zero-order chi connectivity index (χ0) is 57.0. The van der Waals surface area contributed by atoms with E-state index in [-0.39, 0.29) is 41.1 Å². The smallest absolute Gasteiger partial charge is 3.00 e. The summed E-state index contributed by atoms with van der Waals surface area (Å²) in [5.41, 5.74) is 4.06. The number of hydrogen-bond acceptors (Lipinski definition) is 0. The Balaban J connectivity index is 0.000000447. The number of rotatable bonds is 4. The van der Waals surface area contributed by atoms with Crippen molar-refractivity contribution in [3.63, 3.8) is 0 Å². The van der Waals surface area contributed by atoms with Crippen molar-refractivity contribution in [2.24, 2.45) is 189 Å². The van der Waals surface area contributed by atoms with E-state index < -0.39 is 45.1 Å². The van der Waals surface area contributed by atoms with E-state index in [9.17, 15) is 0 Å². The second-order valence-corrected chi connectivity index (χ2v) is 51.2. The van der Waals surface area contributed by atoms with Gasteiger partial charge in [-0.05, 0) is 212 Å². The number of halogens is 2. The second-order valence-electron chi connectivity index (χ2n) is 33.2. The molecule has 7 heteroatoms. The fourth-order valence-corrected chi connectivity index (χ4v) is 37.9. The topological polar surface area (TPSA) is 0 Å². The van der Waals surface area contributed by atoms with Crippen LogP contribution in [0.4, 0.5) is 0 Å². The molecule has 0 N–H and O–H groups in total. The van der Waals surface area contributed by atoms with Gasteiger partial charge in [-0.25, -0.2) is 0 Å². The van der Waals surface area contributed by atoms with E-state index in [2.05, 4.69) is 219 Å². The molecule has 36 unspecified atom stereocenters. The van der Waals surface area contributed by atoms with Gasteiger partial charge in [0, 0.05) is 0 Å². The molecular weight excluding hydrogens is 1180 g/mol. The zero-order valence-electron chi connectivity index (χ0n) is 57.5. The molecule has 0 amide bonds. The summed E-state index contributed by atoms with van der Waals surface area (Å²) < 4.78 is 0. The monoisotopic (exact) mass is 1310 g/mol. The molecule has 0 heterocycles. The third-order valence-electron chi connectivity index (χ3n) is 29.7. The molecule has 0 aromatic rings. The molecule has 0 aromatic heterocycles. The fourth-order valence-electron chi connectivity index (χ4n) is 24.3. The van der Waals surface area contributed by atoms with E-state index in [4.69, 9.17) is 17.0 Å². The molecule has 451 valence electrons. The third-order valence-corrected chi connectivity index (χ3v) is 40.2. The average molecular weight is 1320 g/mol. The molecule has 1 radical (unpaired) electrons. The molecule has 0 aromatic carbocycles. The summed E-state index contributed by atoms with van der Waals surface area (Å²) >= 11 is -0.826. The van der Waals surface area contributed by atoms with Crippen molar-refractivity contribution in [3.05, 3.63) is 27.9 Å². The van der Waals surface area contributed by atoms with Crippen LogP contribution in [0.2, 0.25) is 61.4 Å². The van der Waals surface area contributed by atoms with Gasteiger partial charge in [-0.2, -0.15) is 0 Å². The van der Waals surface area contributed by atoms with Gasteiger partial charge in [-0.15, -0.1) is 13.1 Å². The maximum absolute atomic E-state index is 4.93. The van der Waals surface area contributed by atoms with Crippen molar-refractivity contribution in [2.45, 2.75) is 228 Å². The minimum atomic E-state index is -1.51. The van der Waals surface area contributed by atoms with E-state index in [1.165, 1.54) is 0 Å². The quantitative estimate of drug-likeness (QED) is 0.194. The first-order valence-electron chi connectivity index (χ1n) is 32.4. The Morgan fingerprint density at radius 3 is 0.442 bits per heavy atom. The molecule has 8 rings (SSSR count). The minimum absolute atomic E-state index is 0. The Kier molecular flexibility index (Phi) is 28.1. The van der Waals surface area contributed by atoms with Crippen molar-refractivity contribution in [3.8, 4) is 0 Å². The molecule has 0 spiro atoms. The molecule has 0 aliphatic heterocycles. The molecule has 0 saturated heterocycles. The Morgan fingerprint density at radius 2 is 0.325 bits per heavy atom. The van der Waals surface area contributed by atoms with Crippen LogP contribution < -0.4 is 0 Å². The average Bonchev–Trinajstić information content (AvgIpc) is 3.96. The van der Waals surface area contributed by atoms with Crippen LogP contribution in [-0.2, 0) is 47.1 Å². The van der Waals surface area contributed by atoms with Crippen LogP contribution in [0.5, 0.6) is 0 Å². The van der Waals surface area contributed by atoms with Crippen LogP contribution in [0.15, 0.2) is 0 Å². The van der Waals surface area contributed by atoms with Gasteiger partial charge >= 0.3 is 64.1 Å². The van der Waals surface area contributed by atoms with E-state index in [1.54, 1.807) is 0 Å². The Labute approximate surface area is 528 Å². The van der Waals surface area contributed by atoms with Gasteiger partial charge in [0.1, 0.15) is 0 Å². The molecule has 77 heavy (non-hydrogen) atoms. The molecule has 0 nitrogen and oxygen atoms in total. The van der Waals surface area contributed by atoms with Crippen molar-refractivity contribution in [2.75, 3.05) is 0 Å². The number of fused-ring (bicyclic) bond motifs is 4. The maximum atomic E-state index is 4.93. The van der Waals surface area contributed by atoms with Gasteiger partial charge in [-0.1, -0.05) is 192 Å². The van der Waals surface area contributed by atoms with Crippen LogP contribution in [0.1, 0.15) is 166 Å². The molecule has 36 atom stereocenters. The molecule has 8 aliphatic carbocycles. The molecule has 8 fully saturated rings. The van der Waals surface area contributed by atoms with Crippen molar-refractivity contribution < 1.29 is 47.1 Å². The van der Waals surface area contributed by atoms with Gasteiger partial charge in [0.05, 0.1) is 16.1 Å². The van der Waals surface area contributed by atoms with Crippen molar-refractivity contribution in [1.29, 1.82) is 0 Å². The summed E-state index contributed by atoms with van der Waals surface area (Å²) in [7, 11) is 5.74. The second kappa shape index (κ2) is 28.4. The summed E-state index contributed by atoms with van der Waals surface area (Å²) in [5, 5.41) is 0. The Morgan fingerprint density at radius 1 is 0.234 bits per heavy atom. The minimum Gasteiger partial charge on any atom is 3.00 e. The van der Waals surface area contributed by atoms with E-state index >= 15 is 0 Å². The maximum Gasteiger partial charge on any atom is 3.00 e. The van der Waals surface area contributed by atoms with Crippen LogP contribution in [0.25, 0.3) is 0 Å². The zero-order valence-corrected chi connectivity index (χ0v) is 66.9. The first-order chi connectivity index (χ1) is 33.8. The van der Waals surface area contributed by atoms with Crippen molar-refractivity contribution >= 4 is 41.2 Å². The van der Waals surface area contributed by atoms with Gasteiger partial charge in [0.2, 0.25) is 0 Å². The molecule has 8 aliphatic rings. The van der Waals surface area contributed by atoms with Gasteiger partial charge in [0.15, 0.2) is 0 Å². The molecule has 8 saturated carbocycles. The summed E-state index contributed by atoms with van der Waals surface area (Å²) in [6, 6.07) is 0. The first kappa shape index (κ1) is 76.1. The largest absolute Gasteiger partial charge is 3.00 e. The summed E-state index contributed by atoms with van der Waals surface area (Å²) in [4.78, 5) is 0. The SMILES string of the molecule is CC1C(C)C(C)C2C(C1C)C(C)C(C)C2[Si](C)(C)C1C(C)C(C)C2C(C)C(C)C(C)C(C)C21.CC1C(C)C(C)C2C(C1C)C(C)C(C)C2[Si](C)(C)C1C(C)C(C)C2C(C)C(C)C(C)C(C)C21.[CH2-][Si]([CH2-])(C)C.[CH3-].[CH3-].[Cl][Zr][Cl].[Zr+3]. The van der Waals surface area contributed by atoms with Crippen LogP contribution in [0.3, 0.4) is 0 Å². The molecule has 0 bridgehead atoms. The third kappa shape index (κ3) is 13.4. The van der Waals surface area contributed by atoms with Crippen LogP contribution in [0, 0.1) is 217 Å². The standard InChI is InChI=1S/2C32H60Si.C4H10Si.2CH3.2ClH.2Zr/c2*1-15-17(3)21(7)29-27(19(15)5)23(9)25(11)31(29)33(13,14)32-26(12)24(10)28-20(6)16(2)18(4)22(8)30(28)32;1-5(2,3)4;;;;;;/h2*15-32H,1-14H3;1-2H2,3-4H3;2*1H3;2*1H;;/q;;-2;2*-1;;;+2;+3/p-2. The predicted octanol–water partition coefficient (Wildman–Crippen LogP) is 22.9. The first-order valence-corrected chi connectivity index (χ1v) is 48.5. The predicted molar refractivity (Wildman–Crippen MR) is 351 cm³/mol. The summed E-state index contributed by atoms with van der Waals surface area (Å²) in [6.45, 7) is 86.8. The van der Waals surface area contributed by atoms with E-state index in [0.717, 1.165) is 212 Å². The van der Waals surface area contributed by atoms with Crippen LogP contribution >= 0.6 is 17.0 Å². The van der Waals surface area contributed by atoms with Gasteiger partial charge in [0.25, 0.3) is 0 Å².